The van der Waals surface area contributed by atoms with Crippen LogP contribution in [0.15, 0.2) is 72.4 Å². The lowest BCUT2D eigenvalue weighted by molar-refractivity contribution is -0.120. The van der Waals surface area contributed by atoms with Gasteiger partial charge in [-0.25, -0.2) is 4.90 Å². The highest BCUT2D eigenvalue weighted by Crippen LogP contribution is 2.37. The van der Waals surface area contributed by atoms with E-state index in [0.29, 0.717) is 22.0 Å². The van der Waals surface area contributed by atoms with Crippen LogP contribution in [0.5, 0.6) is 5.75 Å². The number of ether oxygens (including phenoxy) is 1. The van der Waals surface area contributed by atoms with Crippen LogP contribution in [0.3, 0.4) is 0 Å². The van der Waals surface area contributed by atoms with Crippen LogP contribution in [0.1, 0.15) is 16.7 Å². The van der Waals surface area contributed by atoms with Crippen molar-refractivity contribution in [2.24, 2.45) is 0 Å². The Morgan fingerprint density at radius 1 is 0.903 bits per heavy atom. The first-order valence-corrected chi connectivity index (χ1v) is 10.1. The molecule has 0 fully saturated rings. The number of hydrogen-bond donors (Lipinski definition) is 1. The first kappa shape index (κ1) is 20.7. The lowest BCUT2D eigenvalue weighted by atomic mass is 10.0. The molecule has 0 spiro atoms. The number of benzene rings is 3. The molecule has 31 heavy (non-hydrogen) atoms. The summed E-state index contributed by atoms with van der Waals surface area (Å²) in [6, 6.07) is 19.7. The molecule has 3 aromatic rings. The lowest BCUT2D eigenvalue weighted by Crippen LogP contribution is -2.32. The van der Waals surface area contributed by atoms with Crippen molar-refractivity contribution in [1.82, 2.24) is 0 Å². The number of para-hydroxylation sites is 1. The standard InChI is InChI=1S/C25H21ClN2O3/c1-15-8-13-20(16(2)14-15)27-23-22(17-9-11-18(31-3)12-10-17)24(29)28(25(23)30)21-7-5-4-6-19(21)26/h4-14,27H,1-3H3. The summed E-state index contributed by atoms with van der Waals surface area (Å²) >= 11 is 6.32. The van der Waals surface area contributed by atoms with E-state index >= 15 is 0 Å². The van der Waals surface area contributed by atoms with Gasteiger partial charge in [-0.1, -0.05) is 53.6 Å². The molecular formula is C25H21ClN2O3. The van der Waals surface area contributed by atoms with Crippen LogP contribution in [-0.4, -0.2) is 18.9 Å². The molecule has 0 saturated carbocycles. The Kier molecular flexibility index (Phi) is 5.53. The molecule has 1 aliphatic heterocycles. The first-order valence-electron chi connectivity index (χ1n) is 9.77. The molecule has 0 atom stereocenters. The Bertz CT molecular complexity index is 1220. The van der Waals surface area contributed by atoms with Gasteiger partial charge < -0.3 is 10.1 Å². The minimum atomic E-state index is -0.455. The van der Waals surface area contributed by atoms with E-state index in [9.17, 15) is 9.59 Å². The van der Waals surface area contributed by atoms with Crippen LogP contribution < -0.4 is 15.0 Å². The summed E-state index contributed by atoms with van der Waals surface area (Å²) < 4.78 is 5.22. The van der Waals surface area contributed by atoms with E-state index in [1.165, 1.54) is 0 Å². The number of nitrogens with one attached hydrogen (secondary N) is 1. The minimum Gasteiger partial charge on any atom is -0.497 e. The van der Waals surface area contributed by atoms with Crippen LogP contribution in [0.2, 0.25) is 5.02 Å². The zero-order chi connectivity index (χ0) is 22.1. The maximum atomic E-state index is 13.5. The van der Waals surface area contributed by atoms with Crippen LogP contribution in [0, 0.1) is 13.8 Å². The summed E-state index contributed by atoms with van der Waals surface area (Å²) in [6.45, 7) is 3.96. The third-order valence-electron chi connectivity index (χ3n) is 5.20. The van der Waals surface area contributed by atoms with E-state index in [4.69, 9.17) is 16.3 Å². The molecule has 0 aliphatic carbocycles. The van der Waals surface area contributed by atoms with E-state index in [1.807, 2.05) is 32.0 Å². The molecule has 4 rings (SSSR count). The fourth-order valence-electron chi connectivity index (χ4n) is 3.61. The zero-order valence-corrected chi connectivity index (χ0v) is 18.2. The van der Waals surface area contributed by atoms with E-state index < -0.39 is 11.8 Å². The molecule has 2 amide bonds. The molecule has 1 aliphatic rings. The molecule has 0 aromatic heterocycles. The van der Waals surface area contributed by atoms with Crippen molar-refractivity contribution in [3.05, 3.63) is 94.1 Å². The molecule has 5 nitrogen and oxygen atoms in total. The molecule has 0 saturated heterocycles. The van der Waals surface area contributed by atoms with Gasteiger partial charge in [0.25, 0.3) is 11.8 Å². The zero-order valence-electron chi connectivity index (χ0n) is 17.4. The third-order valence-corrected chi connectivity index (χ3v) is 5.52. The molecular weight excluding hydrogens is 412 g/mol. The Hall–Kier alpha value is -3.57. The van der Waals surface area contributed by atoms with Gasteiger partial charge in [-0.2, -0.15) is 0 Å². The predicted molar refractivity (Wildman–Crippen MR) is 123 cm³/mol. The number of hydrogen-bond acceptors (Lipinski definition) is 4. The highest BCUT2D eigenvalue weighted by atomic mass is 35.5. The van der Waals surface area contributed by atoms with Crippen LogP contribution in [0.25, 0.3) is 5.57 Å². The van der Waals surface area contributed by atoms with Crippen molar-refractivity contribution < 1.29 is 14.3 Å². The Balaban J connectivity index is 1.85. The molecule has 156 valence electrons. The SMILES string of the molecule is COc1ccc(C2=C(Nc3ccc(C)cc3C)C(=O)N(c3ccccc3Cl)C2=O)cc1. The largest absolute Gasteiger partial charge is 0.497 e. The number of aryl methyl sites for hydroxylation is 2. The molecule has 6 heteroatoms. The predicted octanol–water partition coefficient (Wildman–Crippen LogP) is 5.36. The van der Waals surface area contributed by atoms with Gasteiger partial charge >= 0.3 is 0 Å². The fourth-order valence-corrected chi connectivity index (χ4v) is 3.83. The monoisotopic (exact) mass is 432 g/mol. The van der Waals surface area contributed by atoms with Crippen LogP contribution in [0.4, 0.5) is 11.4 Å². The van der Waals surface area contributed by atoms with Crippen molar-refractivity contribution in [2.75, 3.05) is 17.3 Å². The number of carbonyl (C=O) groups excluding carboxylic acids is 2. The van der Waals surface area contributed by atoms with Gasteiger partial charge in [0.05, 0.1) is 23.4 Å². The molecule has 1 N–H and O–H groups in total. The van der Waals surface area contributed by atoms with Crippen molar-refractivity contribution >= 4 is 40.4 Å². The highest BCUT2D eigenvalue weighted by Gasteiger charge is 2.41. The van der Waals surface area contributed by atoms with Crippen molar-refractivity contribution in [2.45, 2.75) is 13.8 Å². The van der Waals surface area contributed by atoms with Crippen LogP contribution >= 0.6 is 11.6 Å². The number of methoxy groups -OCH3 is 1. The van der Waals surface area contributed by atoms with Gasteiger partial charge in [-0.05, 0) is 55.3 Å². The third kappa shape index (κ3) is 3.80. The average molecular weight is 433 g/mol. The smallest absolute Gasteiger partial charge is 0.282 e. The first-order chi connectivity index (χ1) is 14.9. The second kappa shape index (κ2) is 8.28. The van der Waals surface area contributed by atoms with Gasteiger partial charge in [0, 0.05) is 5.69 Å². The summed E-state index contributed by atoms with van der Waals surface area (Å²) in [6.07, 6.45) is 0. The number of amides is 2. The quantitative estimate of drug-likeness (QED) is 0.551. The topological polar surface area (TPSA) is 58.6 Å². The Morgan fingerprint density at radius 3 is 2.26 bits per heavy atom. The number of nitrogens with zero attached hydrogens (tertiary/aromatic N) is 1. The molecule has 3 aromatic carbocycles. The van der Waals surface area contributed by atoms with Crippen LogP contribution in [-0.2, 0) is 9.59 Å². The Morgan fingerprint density at radius 2 is 1.61 bits per heavy atom. The molecule has 1 heterocycles. The Labute approximate surface area is 185 Å². The number of rotatable bonds is 5. The molecule has 0 bridgehead atoms. The number of anilines is 2. The maximum Gasteiger partial charge on any atom is 0.282 e. The van der Waals surface area contributed by atoms with Crippen molar-refractivity contribution in [3.8, 4) is 5.75 Å². The van der Waals surface area contributed by atoms with Gasteiger partial charge in [0.1, 0.15) is 11.4 Å². The van der Waals surface area contributed by atoms with E-state index in [2.05, 4.69) is 5.32 Å². The van der Waals surface area contributed by atoms with Gasteiger partial charge in [0.15, 0.2) is 0 Å². The van der Waals surface area contributed by atoms with E-state index in [0.717, 1.165) is 21.7 Å². The van der Waals surface area contributed by atoms with E-state index in [-0.39, 0.29) is 11.3 Å². The van der Waals surface area contributed by atoms with Gasteiger partial charge in [0.2, 0.25) is 0 Å². The van der Waals surface area contributed by atoms with Gasteiger partial charge in [-0.15, -0.1) is 0 Å². The van der Waals surface area contributed by atoms with E-state index in [1.54, 1.807) is 55.6 Å². The minimum absolute atomic E-state index is 0.210. The van der Waals surface area contributed by atoms with Crippen molar-refractivity contribution in [1.29, 1.82) is 0 Å². The number of halogens is 1. The summed E-state index contributed by atoms with van der Waals surface area (Å²) in [7, 11) is 1.57. The lowest BCUT2D eigenvalue weighted by Gasteiger charge is -2.17. The summed E-state index contributed by atoms with van der Waals surface area (Å²) in [5.41, 5.74) is 4.30. The van der Waals surface area contributed by atoms with Gasteiger partial charge in [-0.3, -0.25) is 9.59 Å². The highest BCUT2D eigenvalue weighted by molar-refractivity contribution is 6.48. The second-order valence-electron chi connectivity index (χ2n) is 7.32. The maximum absolute atomic E-state index is 13.5. The summed E-state index contributed by atoms with van der Waals surface area (Å²) in [5, 5.41) is 3.53. The molecule has 0 radical (unpaired) electrons. The fraction of sp³-hybridized carbons (Fsp3) is 0.120. The molecule has 0 unspecified atom stereocenters. The summed E-state index contributed by atoms with van der Waals surface area (Å²) in [4.78, 5) is 28.1. The number of imide groups is 1. The average Bonchev–Trinajstić information content (AvgIpc) is 3.00. The number of carbonyl (C=O) groups is 2. The van der Waals surface area contributed by atoms with Crippen molar-refractivity contribution in [3.63, 3.8) is 0 Å². The normalized spacial score (nSPS) is 13.7. The summed E-state index contributed by atoms with van der Waals surface area (Å²) in [5.74, 6) is -0.229. The second-order valence-corrected chi connectivity index (χ2v) is 7.73.